The number of hydrogen-bond donors (Lipinski definition) is 0. The van der Waals surface area contributed by atoms with Crippen LogP contribution >= 0.6 is 0 Å². The van der Waals surface area contributed by atoms with Crippen LogP contribution in [0.3, 0.4) is 0 Å². The van der Waals surface area contributed by atoms with Crippen LogP contribution in [0.4, 0.5) is 13.2 Å². The van der Waals surface area contributed by atoms with Crippen LogP contribution in [0, 0.1) is 6.92 Å². The van der Waals surface area contributed by atoms with Crippen molar-refractivity contribution in [1.29, 1.82) is 0 Å². The zero-order chi connectivity index (χ0) is 10.9. The minimum absolute atomic E-state index is 0.238. The Morgan fingerprint density at radius 3 is 2.29 bits per heavy atom. The number of benzene rings is 1. The summed E-state index contributed by atoms with van der Waals surface area (Å²) in [6.45, 7) is 6.75. The lowest BCUT2D eigenvalue weighted by Crippen LogP contribution is -2.07. The molecular formula is C11H11F3. The van der Waals surface area contributed by atoms with Crippen molar-refractivity contribution < 1.29 is 13.2 Å². The van der Waals surface area contributed by atoms with E-state index in [2.05, 4.69) is 6.58 Å². The van der Waals surface area contributed by atoms with E-state index >= 15 is 0 Å². The van der Waals surface area contributed by atoms with E-state index in [1.165, 1.54) is 13.0 Å². The lowest BCUT2D eigenvalue weighted by molar-refractivity contribution is -0.138. The van der Waals surface area contributed by atoms with E-state index in [0.717, 1.165) is 6.07 Å². The molecule has 76 valence electrons. The van der Waals surface area contributed by atoms with Crippen LogP contribution in [0.2, 0.25) is 0 Å². The van der Waals surface area contributed by atoms with Crippen LogP contribution in [-0.4, -0.2) is 0 Å². The molecule has 1 aromatic carbocycles. The van der Waals surface area contributed by atoms with E-state index in [1.54, 1.807) is 13.0 Å². The van der Waals surface area contributed by atoms with Gasteiger partial charge in [-0.15, -0.1) is 0 Å². The molecule has 0 saturated heterocycles. The van der Waals surface area contributed by atoms with E-state index < -0.39 is 11.7 Å². The van der Waals surface area contributed by atoms with Crippen LogP contribution in [-0.2, 0) is 6.18 Å². The summed E-state index contributed by atoms with van der Waals surface area (Å²) in [5.41, 5.74) is 0.818. The highest BCUT2D eigenvalue weighted by molar-refractivity contribution is 5.62. The zero-order valence-corrected chi connectivity index (χ0v) is 8.07. The summed E-state index contributed by atoms with van der Waals surface area (Å²) in [5, 5.41) is 0. The molecule has 3 heteroatoms. The molecule has 0 N–H and O–H groups in total. The fourth-order valence-electron chi connectivity index (χ4n) is 1.19. The summed E-state index contributed by atoms with van der Waals surface area (Å²) in [6, 6.07) is 4.25. The quantitative estimate of drug-likeness (QED) is 0.641. The molecule has 0 aliphatic rings. The van der Waals surface area contributed by atoms with Crippen LogP contribution in [0.5, 0.6) is 0 Å². The van der Waals surface area contributed by atoms with Gasteiger partial charge in [-0.1, -0.05) is 24.3 Å². The maximum atomic E-state index is 12.5. The van der Waals surface area contributed by atoms with Crippen molar-refractivity contribution >= 4 is 5.57 Å². The fourth-order valence-corrected chi connectivity index (χ4v) is 1.19. The number of rotatable bonds is 1. The second-order valence-corrected chi connectivity index (χ2v) is 3.31. The van der Waals surface area contributed by atoms with Gasteiger partial charge in [0.2, 0.25) is 0 Å². The first-order valence-corrected chi connectivity index (χ1v) is 4.16. The third-order valence-corrected chi connectivity index (χ3v) is 2.04. The van der Waals surface area contributed by atoms with Crippen LogP contribution in [0.15, 0.2) is 24.8 Å². The second-order valence-electron chi connectivity index (χ2n) is 3.31. The highest BCUT2D eigenvalue weighted by Gasteiger charge is 2.32. The minimum Gasteiger partial charge on any atom is -0.166 e. The topological polar surface area (TPSA) is 0 Å². The first kappa shape index (κ1) is 10.8. The summed E-state index contributed by atoms with van der Waals surface area (Å²) in [7, 11) is 0. The smallest absolute Gasteiger partial charge is 0.166 e. The number of hydrogen-bond acceptors (Lipinski definition) is 0. The Balaban J connectivity index is 3.29. The number of allylic oxidation sites excluding steroid dienone is 1. The molecule has 1 rings (SSSR count). The number of halogens is 3. The molecular weight excluding hydrogens is 189 g/mol. The predicted molar refractivity (Wildman–Crippen MR) is 50.9 cm³/mol. The first-order chi connectivity index (χ1) is 6.32. The van der Waals surface area contributed by atoms with E-state index in [0.29, 0.717) is 11.1 Å². The lowest BCUT2D eigenvalue weighted by Gasteiger charge is -2.11. The normalized spacial score (nSPS) is 11.5. The Kier molecular flexibility index (Phi) is 2.69. The van der Waals surface area contributed by atoms with E-state index in [1.807, 2.05) is 0 Å². The van der Waals surface area contributed by atoms with Crippen LogP contribution < -0.4 is 0 Å². The minimum atomic E-state index is -4.28. The average molecular weight is 200 g/mol. The third kappa shape index (κ3) is 2.16. The van der Waals surface area contributed by atoms with Gasteiger partial charge in [0.1, 0.15) is 0 Å². The summed E-state index contributed by atoms with van der Waals surface area (Å²) in [5.74, 6) is 0. The van der Waals surface area contributed by atoms with Crippen molar-refractivity contribution in [3.8, 4) is 0 Å². The van der Waals surface area contributed by atoms with Crippen molar-refractivity contribution in [2.75, 3.05) is 0 Å². The largest absolute Gasteiger partial charge is 0.416 e. The van der Waals surface area contributed by atoms with Crippen molar-refractivity contribution in [2.45, 2.75) is 20.0 Å². The molecule has 0 aliphatic heterocycles. The van der Waals surface area contributed by atoms with Gasteiger partial charge in [0.05, 0.1) is 5.56 Å². The molecule has 0 atom stereocenters. The summed E-state index contributed by atoms with van der Waals surface area (Å²) >= 11 is 0. The van der Waals surface area contributed by atoms with Crippen LogP contribution in [0.25, 0.3) is 5.57 Å². The molecule has 0 amide bonds. The van der Waals surface area contributed by atoms with Gasteiger partial charge < -0.3 is 0 Å². The molecule has 0 saturated carbocycles. The molecule has 14 heavy (non-hydrogen) atoms. The number of aryl methyl sites for hydroxylation is 1. The molecule has 0 nitrogen and oxygen atoms in total. The first-order valence-electron chi connectivity index (χ1n) is 4.16. The molecule has 0 spiro atoms. The molecule has 0 aromatic heterocycles. The van der Waals surface area contributed by atoms with Crippen molar-refractivity contribution in [3.63, 3.8) is 0 Å². The fraction of sp³-hybridized carbons (Fsp3) is 0.273. The monoisotopic (exact) mass is 200 g/mol. The van der Waals surface area contributed by atoms with E-state index in [9.17, 15) is 13.2 Å². The van der Waals surface area contributed by atoms with E-state index in [-0.39, 0.29) is 5.56 Å². The highest BCUT2D eigenvalue weighted by Crippen LogP contribution is 2.33. The average Bonchev–Trinajstić information content (AvgIpc) is 2.02. The van der Waals surface area contributed by atoms with E-state index in [4.69, 9.17) is 0 Å². The zero-order valence-electron chi connectivity index (χ0n) is 8.07. The van der Waals surface area contributed by atoms with Crippen molar-refractivity contribution in [3.05, 3.63) is 41.5 Å². The third-order valence-electron chi connectivity index (χ3n) is 2.04. The van der Waals surface area contributed by atoms with Gasteiger partial charge in [0.25, 0.3) is 0 Å². The second kappa shape index (κ2) is 3.48. The van der Waals surface area contributed by atoms with Crippen molar-refractivity contribution in [1.82, 2.24) is 0 Å². The molecule has 0 fully saturated rings. The molecule has 0 aliphatic carbocycles. The Morgan fingerprint density at radius 2 is 1.86 bits per heavy atom. The number of alkyl halides is 3. The van der Waals surface area contributed by atoms with Gasteiger partial charge in [0, 0.05) is 0 Å². The van der Waals surface area contributed by atoms with Crippen LogP contribution in [0.1, 0.15) is 23.6 Å². The van der Waals surface area contributed by atoms with Gasteiger partial charge in [-0.3, -0.25) is 0 Å². The van der Waals surface area contributed by atoms with Gasteiger partial charge >= 0.3 is 6.18 Å². The molecule has 0 unspecified atom stereocenters. The van der Waals surface area contributed by atoms with Crippen molar-refractivity contribution in [2.24, 2.45) is 0 Å². The molecule has 0 heterocycles. The standard InChI is InChI=1S/C11H11F3/c1-7(2)9-5-4-8(3)10(6-9)11(12,13)14/h4-6H,1H2,2-3H3. The van der Waals surface area contributed by atoms with Gasteiger partial charge in [-0.25, -0.2) is 0 Å². The Labute approximate surface area is 81.1 Å². The maximum Gasteiger partial charge on any atom is 0.416 e. The molecule has 1 aromatic rings. The summed E-state index contributed by atoms with van der Waals surface area (Å²) < 4.78 is 37.4. The molecule has 0 radical (unpaired) electrons. The Bertz CT molecular complexity index is 361. The molecule has 0 bridgehead atoms. The summed E-state index contributed by atoms with van der Waals surface area (Å²) in [6.07, 6.45) is -4.28. The lowest BCUT2D eigenvalue weighted by atomic mass is 10.0. The Morgan fingerprint density at radius 1 is 1.29 bits per heavy atom. The maximum absolute atomic E-state index is 12.5. The summed E-state index contributed by atoms with van der Waals surface area (Å²) in [4.78, 5) is 0. The van der Waals surface area contributed by atoms with Gasteiger partial charge in [-0.05, 0) is 31.0 Å². The predicted octanol–water partition coefficient (Wildman–Crippen LogP) is 4.05. The SMILES string of the molecule is C=C(C)c1ccc(C)c(C(F)(F)F)c1. The highest BCUT2D eigenvalue weighted by atomic mass is 19.4. The Hall–Kier alpha value is -1.25. The van der Waals surface area contributed by atoms with Gasteiger partial charge in [0.15, 0.2) is 0 Å². The van der Waals surface area contributed by atoms with Gasteiger partial charge in [-0.2, -0.15) is 13.2 Å².